The van der Waals surface area contributed by atoms with E-state index in [1.807, 2.05) is 13.8 Å². The molecule has 0 saturated carbocycles. The van der Waals surface area contributed by atoms with Gasteiger partial charge in [-0.3, -0.25) is 4.79 Å². The highest BCUT2D eigenvalue weighted by atomic mass is 16.5. The Bertz CT molecular complexity index is 654. The van der Waals surface area contributed by atoms with E-state index in [-0.39, 0.29) is 18.6 Å². The number of nitrogen functional groups attached to an aromatic ring is 1. The highest BCUT2D eigenvalue weighted by molar-refractivity contribution is 5.94. The Labute approximate surface area is 136 Å². The number of anilines is 1. The van der Waals surface area contributed by atoms with E-state index in [1.54, 1.807) is 48.5 Å². The van der Waals surface area contributed by atoms with E-state index in [0.717, 1.165) is 5.75 Å². The van der Waals surface area contributed by atoms with Gasteiger partial charge < -0.3 is 20.9 Å². The van der Waals surface area contributed by atoms with Crippen LogP contribution in [0.15, 0.2) is 48.5 Å². The van der Waals surface area contributed by atoms with Crippen molar-refractivity contribution in [3.8, 4) is 5.75 Å². The maximum Gasteiger partial charge on any atom is 0.251 e. The van der Waals surface area contributed by atoms with E-state index >= 15 is 0 Å². The number of benzene rings is 2. The Morgan fingerprint density at radius 3 is 2.52 bits per heavy atom. The molecule has 0 aromatic heterocycles. The summed E-state index contributed by atoms with van der Waals surface area (Å²) in [5.41, 5.74) is 7.36. The molecule has 0 aliphatic heterocycles. The molecule has 0 aliphatic carbocycles. The number of nitrogens with two attached hydrogens (primary N) is 1. The average Bonchev–Trinajstić information content (AvgIpc) is 2.52. The molecule has 0 spiro atoms. The molecular formula is C18H22N2O3. The number of rotatable bonds is 6. The minimum Gasteiger partial charge on any atom is -0.491 e. The third-order valence-corrected chi connectivity index (χ3v) is 3.24. The standard InChI is InChI=1S/C18H22N2O3/c1-12(2)23-16-8-6-13(7-9-16)17(21)11-20-18(22)14-4-3-5-15(19)10-14/h3-10,12,17,21H,11,19H2,1-2H3,(H,20,22). The van der Waals surface area contributed by atoms with Crippen LogP contribution in [0.5, 0.6) is 5.75 Å². The molecule has 2 aromatic rings. The predicted molar refractivity (Wildman–Crippen MR) is 90.4 cm³/mol. The molecule has 122 valence electrons. The van der Waals surface area contributed by atoms with Crippen molar-refractivity contribution in [2.75, 3.05) is 12.3 Å². The molecule has 0 aliphatic rings. The molecule has 0 fully saturated rings. The van der Waals surface area contributed by atoms with E-state index in [2.05, 4.69) is 5.32 Å². The zero-order chi connectivity index (χ0) is 16.8. The van der Waals surface area contributed by atoms with E-state index in [0.29, 0.717) is 16.8 Å². The summed E-state index contributed by atoms with van der Waals surface area (Å²) in [5, 5.41) is 12.9. The second-order valence-corrected chi connectivity index (χ2v) is 5.59. The van der Waals surface area contributed by atoms with E-state index in [1.165, 1.54) is 0 Å². The molecule has 1 amide bonds. The number of amides is 1. The maximum atomic E-state index is 12.0. The SMILES string of the molecule is CC(C)Oc1ccc(C(O)CNC(=O)c2cccc(N)c2)cc1. The van der Waals surface area contributed by atoms with Gasteiger partial charge in [0, 0.05) is 17.8 Å². The summed E-state index contributed by atoms with van der Waals surface area (Å²) in [6.07, 6.45) is -0.684. The molecule has 2 aromatic carbocycles. The normalized spacial score (nSPS) is 12.0. The van der Waals surface area contributed by atoms with Crippen LogP contribution in [0, 0.1) is 0 Å². The maximum absolute atomic E-state index is 12.0. The second-order valence-electron chi connectivity index (χ2n) is 5.59. The average molecular weight is 314 g/mol. The summed E-state index contributed by atoms with van der Waals surface area (Å²) >= 11 is 0. The van der Waals surface area contributed by atoms with Crippen LogP contribution in [0.4, 0.5) is 5.69 Å². The first-order chi connectivity index (χ1) is 11.0. The monoisotopic (exact) mass is 314 g/mol. The quantitative estimate of drug-likeness (QED) is 0.715. The van der Waals surface area contributed by atoms with Crippen molar-refractivity contribution in [2.45, 2.75) is 26.1 Å². The number of nitrogens with one attached hydrogen (secondary N) is 1. The number of carbonyl (C=O) groups excluding carboxylic acids is 1. The van der Waals surface area contributed by atoms with E-state index < -0.39 is 6.10 Å². The van der Waals surface area contributed by atoms with Crippen molar-refractivity contribution in [3.05, 3.63) is 59.7 Å². The van der Waals surface area contributed by atoms with E-state index in [9.17, 15) is 9.90 Å². The molecular weight excluding hydrogens is 292 g/mol. The Hall–Kier alpha value is -2.53. The Kier molecular flexibility index (Phi) is 5.60. The van der Waals surface area contributed by atoms with Gasteiger partial charge >= 0.3 is 0 Å². The fourth-order valence-electron chi connectivity index (χ4n) is 2.13. The van der Waals surface area contributed by atoms with Crippen molar-refractivity contribution < 1.29 is 14.6 Å². The molecule has 5 heteroatoms. The fourth-order valence-corrected chi connectivity index (χ4v) is 2.13. The second kappa shape index (κ2) is 7.65. The summed E-state index contributed by atoms with van der Waals surface area (Å²) in [6, 6.07) is 13.9. The summed E-state index contributed by atoms with van der Waals surface area (Å²) < 4.78 is 5.55. The van der Waals surface area contributed by atoms with Crippen molar-refractivity contribution in [3.63, 3.8) is 0 Å². The number of hydrogen-bond acceptors (Lipinski definition) is 4. The van der Waals surface area contributed by atoms with E-state index in [4.69, 9.17) is 10.5 Å². The first kappa shape index (κ1) is 16.8. The number of carbonyl (C=O) groups is 1. The molecule has 0 bridgehead atoms. The smallest absolute Gasteiger partial charge is 0.251 e. The molecule has 23 heavy (non-hydrogen) atoms. The van der Waals surface area contributed by atoms with Gasteiger partial charge in [0.1, 0.15) is 5.75 Å². The van der Waals surface area contributed by atoms with Crippen LogP contribution in [0.25, 0.3) is 0 Å². The van der Waals surface area contributed by atoms with Crippen molar-refractivity contribution in [1.29, 1.82) is 0 Å². The first-order valence-corrected chi connectivity index (χ1v) is 7.54. The van der Waals surface area contributed by atoms with Crippen LogP contribution in [0.2, 0.25) is 0 Å². The number of ether oxygens (including phenoxy) is 1. The van der Waals surface area contributed by atoms with Gasteiger partial charge in [0.25, 0.3) is 5.91 Å². The van der Waals surface area contributed by atoms with Crippen LogP contribution >= 0.6 is 0 Å². The minimum atomic E-state index is -0.784. The lowest BCUT2D eigenvalue weighted by molar-refractivity contribution is 0.0916. The van der Waals surface area contributed by atoms with Gasteiger partial charge in [-0.05, 0) is 49.7 Å². The highest BCUT2D eigenvalue weighted by Crippen LogP contribution is 2.18. The van der Waals surface area contributed by atoms with Crippen LogP contribution in [-0.4, -0.2) is 23.7 Å². The Balaban J connectivity index is 1.91. The van der Waals surface area contributed by atoms with Gasteiger partial charge in [-0.25, -0.2) is 0 Å². The fraction of sp³-hybridized carbons (Fsp3) is 0.278. The Morgan fingerprint density at radius 2 is 1.91 bits per heavy atom. The van der Waals surface area contributed by atoms with Gasteiger partial charge in [0.2, 0.25) is 0 Å². The molecule has 1 atom stereocenters. The first-order valence-electron chi connectivity index (χ1n) is 7.54. The van der Waals surface area contributed by atoms with Gasteiger partial charge in [-0.2, -0.15) is 0 Å². The van der Waals surface area contributed by atoms with Crippen LogP contribution in [-0.2, 0) is 0 Å². The molecule has 2 rings (SSSR count). The zero-order valence-electron chi connectivity index (χ0n) is 13.3. The molecule has 0 saturated heterocycles. The molecule has 4 N–H and O–H groups in total. The predicted octanol–water partition coefficient (Wildman–Crippen LogP) is 2.52. The highest BCUT2D eigenvalue weighted by Gasteiger charge is 2.11. The van der Waals surface area contributed by atoms with Crippen molar-refractivity contribution in [1.82, 2.24) is 5.32 Å². The topological polar surface area (TPSA) is 84.6 Å². The van der Waals surface area contributed by atoms with Gasteiger partial charge in [-0.1, -0.05) is 18.2 Å². The lowest BCUT2D eigenvalue weighted by Crippen LogP contribution is -2.28. The van der Waals surface area contributed by atoms with Gasteiger partial charge in [-0.15, -0.1) is 0 Å². The number of hydrogen-bond donors (Lipinski definition) is 3. The molecule has 1 unspecified atom stereocenters. The zero-order valence-corrected chi connectivity index (χ0v) is 13.3. The van der Waals surface area contributed by atoms with Crippen LogP contribution in [0.3, 0.4) is 0 Å². The van der Waals surface area contributed by atoms with Gasteiger partial charge in [0.05, 0.1) is 12.2 Å². The van der Waals surface area contributed by atoms with Crippen LogP contribution in [0.1, 0.15) is 35.9 Å². The van der Waals surface area contributed by atoms with Gasteiger partial charge in [0.15, 0.2) is 0 Å². The summed E-state index contributed by atoms with van der Waals surface area (Å²) in [4.78, 5) is 12.0. The minimum absolute atomic E-state index is 0.100. The summed E-state index contributed by atoms with van der Waals surface area (Å²) in [7, 11) is 0. The van der Waals surface area contributed by atoms with Crippen molar-refractivity contribution >= 4 is 11.6 Å². The molecule has 0 heterocycles. The largest absolute Gasteiger partial charge is 0.491 e. The molecule has 0 radical (unpaired) electrons. The van der Waals surface area contributed by atoms with Crippen molar-refractivity contribution in [2.24, 2.45) is 0 Å². The lowest BCUT2D eigenvalue weighted by Gasteiger charge is -2.14. The third kappa shape index (κ3) is 5.00. The lowest BCUT2D eigenvalue weighted by atomic mass is 10.1. The third-order valence-electron chi connectivity index (χ3n) is 3.24. The Morgan fingerprint density at radius 1 is 1.22 bits per heavy atom. The molecule has 5 nitrogen and oxygen atoms in total. The summed E-state index contributed by atoms with van der Waals surface area (Å²) in [5.74, 6) is 0.482. The summed E-state index contributed by atoms with van der Waals surface area (Å²) in [6.45, 7) is 4.03. The number of aliphatic hydroxyl groups excluding tert-OH is 1. The van der Waals surface area contributed by atoms with Crippen LogP contribution < -0.4 is 15.8 Å². The number of aliphatic hydroxyl groups is 1.